The molecule has 0 aliphatic carbocycles. The van der Waals surface area contributed by atoms with Crippen molar-refractivity contribution in [3.63, 3.8) is 0 Å². The van der Waals surface area contributed by atoms with Crippen LogP contribution in [0.5, 0.6) is 0 Å². The molecule has 3 rings (SSSR count). The summed E-state index contributed by atoms with van der Waals surface area (Å²) in [5, 5.41) is 3.04. The van der Waals surface area contributed by atoms with Gasteiger partial charge >= 0.3 is 0 Å². The van der Waals surface area contributed by atoms with Crippen LogP contribution < -0.4 is 16.0 Å². The van der Waals surface area contributed by atoms with Crippen molar-refractivity contribution < 1.29 is 4.79 Å². The van der Waals surface area contributed by atoms with Crippen LogP contribution in [0.1, 0.15) is 29.9 Å². The van der Waals surface area contributed by atoms with Crippen LogP contribution in [0.2, 0.25) is 0 Å². The molecule has 3 N–H and O–H groups in total. The quantitative estimate of drug-likeness (QED) is 0.735. The number of anilines is 3. The maximum Gasteiger partial charge on any atom is 0.238 e. The van der Waals surface area contributed by atoms with Crippen molar-refractivity contribution in [2.75, 3.05) is 62.8 Å². The van der Waals surface area contributed by atoms with E-state index in [1.165, 1.54) is 5.56 Å². The number of nitrogen functional groups attached to an aromatic ring is 1. The topological polar surface area (TPSA) is 104 Å². The Bertz CT molecular complexity index is 893. The molecule has 1 atom stereocenters. The van der Waals surface area contributed by atoms with Gasteiger partial charge in [-0.05, 0) is 38.0 Å². The van der Waals surface area contributed by atoms with Gasteiger partial charge in [0, 0.05) is 46.0 Å². The second-order valence-electron chi connectivity index (χ2n) is 8.03. The lowest BCUT2D eigenvalue weighted by molar-refractivity contribution is -0.117. The molecule has 0 radical (unpaired) electrons. The Labute approximate surface area is 178 Å². The Hall–Kier alpha value is -2.78. The van der Waals surface area contributed by atoms with E-state index < -0.39 is 0 Å². The van der Waals surface area contributed by atoms with Crippen LogP contribution in [0, 0.1) is 13.8 Å². The zero-order valence-corrected chi connectivity index (χ0v) is 18.5. The van der Waals surface area contributed by atoms with Crippen LogP contribution in [0.3, 0.4) is 0 Å². The predicted molar refractivity (Wildman–Crippen MR) is 120 cm³/mol. The first-order valence-electron chi connectivity index (χ1n) is 10.3. The maximum absolute atomic E-state index is 12.5. The monoisotopic (exact) mass is 412 g/mol. The van der Waals surface area contributed by atoms with E-state index in [2.05, 4.69) is 37.0 Å². The van der Waals surface area contributed by atoms with E-state index >= 15 is 0 Å². The van der Waals surface area contributed by atoms with Gasteiger partial charge in [0.2, 0.25) is 17.8 Å². The third kappa shape index (κ3) is 5.22. The number of rotatable bonds is 6. The van der Waals surface area contributed by atoms with Crippen molar-refractivity contribution in [1.29, 1.82) is 0 Å². The molecule has 162 valence electrons. The largest absolute Gasteiger partial charge is 0.368 e. The summed E-state index contributed by atoms with van der Waals surface area (Å²) < 4.78 is 0. The van der Waals surface area contributed by atoms with Gasteiger partial charge in [0.15, 0.2) is 5.82 Å². The van der Waals surface area contributed by atoms with Gasteiger partial charge in [0.05, 0.1) is 12.6 Å². The zero-order valence-electron chi connectivity index (χ0n) is 18.5. The highest BCUT2D eigenvalue weighted by atomic mass is 16.2. The van der Waals surface area contributed by atoms with E-state index in [-0.39, 0.29) is 17.9 Å². The summed E-state index contributed by atoms with van der Waals surface area (Å²) in [5.74, 6) is 1.49. The van der Waals surface area contributed by atoms with Gasteiger partial charge in [-0.15, -0.1) is 0 Å². The first kappa shape index (κ1) is 21.9. The smallest absolute Gasteiger partial charge is 0.238 e. The number of nitrogens with two attached hydrogens (primary N) is 1. The Morgan fingerprint density at radius 2 is 1.87 bits per heavy atom. The lowest BCUT2D eigenvalue weighted by atomic mass is 10.1. The van der Waals surface area contributed by atoms with Gasteiger partial charge in [0.1, 0.15) is 0 Å². The third-order valence-corrected chi connectivity index (χ3v) is 5.63. The molecule has 2 heterocycles. The highest BCUT2D eigenvalue weighted by Crippen LogP contribution is 2.21. The highest BCUT2D eigenvalue weighted by molar-refractivity contribution is 5.93. The number of hydrogen-bond acceptors (Lipinski definition) is 8. The second kappa shape index (κ2) is 9.36. The number of nitrogens with one attached hydrogen (secondary N) is 1. The molecule has 9 heteroatoms. The van der Waals surface area contributed by atoms with E-state index in [1.54, 1.807) is 0 Å². The minimum absolute atomic E-state index is 0.0195. The number of aryl methyl sites for hydroxylation is 1. The van der Waals surface area contributed by atoms with Gasteiger partial charge in [-0.25, -0.2) is 0 Å². The Kier molecular flexibility index (Phi) is 6.84. The van der Waals surface area contributed by atoms with E-state index in [9.17, 15) is 4.79 Å². The average molecular weight is 413 g/mol. The van der Waals surface area contributed by atoms with Gasteiger partial charge in [0.25, 0.3) is 0 Å². The number of aromatic nitrogens is 3. The number of amides is 1. The molecule has 1 aliphatic heterocycles. The fourth-order valence-electron chi connectivity index (χ4n) is 3.54. The maximum atomic E-state index is 12.5. The van der Waals surface area contributed by atoms with Crippen molar-refractivity contribution in [3.05, 3.63) is 35.2 Å². The zero-order chi connectivity index (χ0) is 21.8. The molecule has 30 heavy (non-hydrogen) atoms. The molecule has 2 aromatic rings. The van der Waals surface area contributed by atoms with Crippen LogP contribution in [-0.2, 0) is 4.79 Å². The molecule has 1 aliphatic rings. The number of carbonyl (C=O) groups is 1. The summed E-state index contributed by atoms with van der Waals surface area (Å²) in [5.41, 5.74) is 9.03. The lowest BCUT2D eigenvalue weighted by Gasteiger charge is -2.37. The fourth-order valence-corrected chi connectivity index (χ4v) is 3.54. The molecule has 1 aromatic carbocycles. The standard InChI is InChI=1S/C21H32N8O/c1-14-7-6-8-17(15(14)2)23-18(30)13-28-9-11-29(12-10-28)16(3)19-24-20(22)26-21(25-19)27(4)5/h6-8,16H,9-13H2,1-5H3,(H,23,30)(H2,22,24,25,26)/t16-/m0/s1. The summed E-state index contributed by atoms with van der Waals surface area (Å²) in [7, 11) is 3.76. The van der Waals surface area contributed by atoms with Crippen molar-refractivity contribution in [2.45, 2.75) is 26.8 Å². The molecule has 1 aromatic heterocycles. The first-order valence-corrected chi connectivity index (χ1v) is 10.3. The van der Waals surface area contributed by atoms with E-state index in [4.69, 9.17) is 5.73 Å². The number of nitrogens with zero attached hydrogens (tertiary/aromatic N) is 6. The van der Waals surface area contributed by atoms with E-state index in [0.717, 1.165) is 37.4 Å². The van der Waals surface area contributed by atoms with Crippen LogP contribution in [0.25, 0.3) is 0 Å². The number of benzene rings is 1. The van der Waals surface area contributed by atoms with E-state index in [0.29, 0.717) is 18.3 Å². The third-order valence-electron chi connectivity index (χ3n) is 5.63. The number of piperazine rings is 1. The van der Waals surface area contributed by atoms with Gasteiger partial charge in [-0.2, -0.15) is 15.0 Å². The van der Waals surface area contributed by atoms with Gasteiger partial charge < -0.3 is 16.0 Å². The molecule has 1 amide bonds. The summed E-state index contributed by atoms with van der Waals surface area (Å²) in [6, 6.07) is 5.99. The Balaban J connectivity index is 1.54. The summed E-state index contributed by atoms with van der Waals surface area (Å²) in [6.45, 7) is 9.84. The lowest BCUT2D eigenvalue weighted by Crippen LogP contribution is -2.49. The van der Waals surface area contributed by atoms with Gasteiger partial charge in [-0.1, -0.05) is 12.1 Å². The normalized spacial score (nSPS) is 16.3. The molecule has 0 spiro atoms. The summed E-state index contributed by atoms with van der Waals surface area (Å²) in [4.78, 5) is 31.9. The van der Waals surface area contributed by atoms with Crippen molar-refractivity contribution in [1.82, 2.24) is 24.8 Å². The predicted octanol–water partition coefficient (Wildman–Crippen LogP) is 1.45. The van der Waals surface area contributed by atoms with Crippen LogP contribution in [0.4, 0.5) is 17.6 Å². The summed E-state index contributed by atoms with van der Waals surface area (Å²) in [6.07, 6.45) is 0. The average Bonchev–Trinajstić information content (AvgIpc) is 2.71. The van der Waals surface area contributed by atoms with Crippen molar-refractivity contribution >= 4 is 23.5 Å². The Morgan fingerprint density at radius 3 is 2.53 bits per heavy atom. The minimum atomic E-state index is 0.0195. The van der Waals surface area contributed by atoms with Crippen molar-refractivity contribution in [3.8, 4) is 0 Å². The summed E-state index contributed by atoms with van der Waals surface area (Å²) >= 11 is 0. The molecular weight excluding hydrogens is 380 g/mol. The van der Waals surface area contributed by atoms with Crippen molar-refractivity contribution in [2.24, 2.45) is 0 Å². The molecule has 0 saturated carbocycles. The SMILES string of the molecule is Cc1cccc(NC(=O)CN2CCN([C@@H](C)c3nc(N)nc(N(C)C)n3)CC2)c1C. The molecule has 1 saturated heterocycles. The van der Waals surface area contributed by atoms with Crippen LogP contribution in [0.15, 0.2) is 18.2 Å². The molecular formula is C21H32N8O. The van der Waals surface area contributed by atoms with Crippen LogP contribution in [-0.4, -0.2) is 77.5 Å². The fraction of sp³-hybridized carbons (Fsp3) is 0.524. The van der Waals surface area contributed by atoms with Gasteiger partial charge in [-0.3, -0.25) is 14.6 Å². The highest BCUT2D eigenvalue weighted by Gasteiger charge is 2.25. The first-order chi connectivity index (χ1) is 14.2. The molecule has 1 fully saturated rings. The Morgan fingerprint density at radius 1 is 1.17 bits per heavy atom. The number of carbonyl (C=O) groups excluding carboxylic acids is 1. The second-order valence-corrected chi connectivity index (χ2v) is 8.03. The number of hydrogen-bond donors (Lipinski definition) is 2. The molecule has 9 nitrogen and oxygen atoms in total. The molecule has 0 unspecified atom stereocenters. The molecule has 0 bridgehead atoms. The van der Waals surface area contributed by atoms with E-state index in [1.807, 2.05) is 51.0 Å². The van der Waals surface area contributed by atoms with Crippen LogP contribution >= 0.6 is 0 Å². The minimum Gasteiger partial charge on any atom is -0.368 e.